The van der Waals surface area contributed by atoms with Crippen LogP contribution in [0.1, 0.15) is 50.5 Å². The maximum absolute atomic E-state index is 12.4. The summed E-state index contributed by atoms with van der Waals surface area (Å²) in [6.07, 6.45) is 8.37. The first-order valence-corrected chi connectivity index (χ1v) is 10.3. The summed E-state index contributed by atoms with van der Waals surface area (Å²) in [4.78, 5) is 14.9. The monoisotopic (exact) mass is 360 g/mol. The number of hydrogen-bond acceptors (Lipinski definition) is 2. The Morgan fingerprint density at radius 3 is 2.48 bits per heavy atom. The number of nitrogens with one attached hydrogen (secondary N) is 1. The Hall–Kier alpha value is -1.06. The summed E-state index contributed by atoms with van der Waals surface area (Å²) in [6.45, 7) is 3.09. The molecule has 0 radical (unpaired) electrons. The predicted molar refractivity (Wildman–Crippen MR) is 101 cm³/mol. The molecule has 1 amide bonds. The first-order chi connectivity index (χ1) is 12.2. The molecule has 2 saturated carbocycles. The van der Waals surface area contributed by atoms with Gasteiger partial charge in [-0.25, -0.2) is 0 Å². The third-order valence-electron chi connectivity index (χ3n) is 6.60. The Morgan fingerprint density at radius 2 is 1.84 bits per heavy atom. The molecule has 4 heteroatoms. The second-order valence-corrected chi connectivity index (χ2v) is 8.82. The van der Waals surface area contributed by atoms with Crippen LogP contribution >= 0.6 is 11.6 Å². The fourth-order valence-corrected chi connectivity index (χ4v) is 5.36. The fourth-order valence-electron chi connectivity index (χ4n) is 5.23. The summed E-state index contributed by atoms with van der Waals surface area (Å²) in [5.41, 5.74) is 1.31. The van der Waals surface area contributed by atoms with Gasteiger partial charge in [0.15, 0.2) is 0 Å². The van der Waals surface area contributed by atoms with Crippen LogP contribution in [0.2, 0.25) is 5.02 Å². The van der Waals surface area contributed by atoms with E-state index in [2.05, 4.69) is 22.3 Å². The summed E-state index contributed by atoms with van der Waals surface area (Å²) >= 11 is 5.95. The van der Waals surface area contributed by atoms with Gasteiger partial charge in [0.05, 0.1) is 0 Å². The minimum absolute atomic E-state index is 0.300. The van der Waals surface area contributed by atoms with E-state index < -0.39 is 0 Å². The van der Waals surface area contributed by atoms with Gasteiger partial charge in [-0.2, -0.15) is 0 Å². The van der Waals surface area contributed by atoms with E-state index in [9.17, 15) is 4.79 Å². The molecule has 3 atom stereocenters. The fraction of sp³-hybridized carbons (Fsp3) is 0.667. The molecule has 0 aromatic heterocycles. The third kappa shape index (κ3) is 4.38. The molecule has 2 bridgehead atoms. The zero-order valence-electron chi connectivity index (χ0n) is 14.9. The number of fused-ring (bicyclic) bond motifs is 2. The molecule has 3 fully saturated rings. The average Bonchev–Trinajstić information content (AvgIpc) is 3.21. The van der Waals surface area contributed by atoms with Gasteiger partial charge in [0.25, 0.3) is 0 Å². The first kappa shape index (κ1) is 17.4. The maximum Gasteiger partial charge on any atom is 0.220 e. The topological polar surface area (TPSA) is 32.3 Å². The predicted octanol–water partition coefficient (Wildman–Crippen LogP) is 4.25. The normalized spacial score (nSPS) is 29.9. The van der Waals surface area contributed by atoms with Gasteiger partial charge >= 0.3 is 0 Å². The Bertz CT molecular complexity index is 594. The van der Waals surface area contributed by atoms with Gasteiger partial charge in [-0.1, -0.05) is 30.2 Å². The van der Waals surface area contributed by atoms with Crippen molar-refractivity contribution in [3.05, 3.63) is 34.9 Å². The Kier molecular flexibility index (Phi) is 5.33. The number of benzene rings is 1. The molecule has 1 saturated heterocycles. The molecule has 1 aliphatic heterocycles. The zero-order valence-corrected chi connectivity index (χ0v) is 15.7. The van der Waals surface area contributed by atoms with Gasteiger partial charge in [-0.15, -0.1) is 0 Å². The number of carbonyl (C=O) groups is 1. The molecule has 25 heavy (non-hydrogen) atoms. The van der Waals surface area contributed by atoms with Gasteiger partial charge in [-0.05, 0) is 67.6 Å². The number of hydrogen-bond donors (Lipinski definition) is 1. The van der Waals surface area contributed by atoms with Crippen molar-refractivity contribution in [1.82, 2.24) is 10.2 Å². The number of likely N-dealkylation sites (tertiary alicyclic amines) is 1. The van der Waals surface area contributed by atoms with E-state index in [1.54, 1.807) is 0 Å². The number of nitrogens with zero attached hydrogens (tertiary/aromatic N) is 1. The highest BCUT2D eigenvalue weighted by atomic mass is 35.5. The van der Waals surface area contributed by atoms with Gasteiger partial charge < -0.3 is 5.32 Å². The SMILES string of the molecule is O=C(C[C@H]1C[C@@H]2CC[C@@H]1C2)NC1CCN(Cc2ccc(Cl)cc2)CC1. The molecule has 1 heterocycles. The van der Waals surface area contributed by atoms with Crippen LogP contribution in [0.25, 0.3) is 0 Å². The average molecular weight is 361 g/mol. The maximum atomic E-state index is 12.4. The van der Waals surface area contributed by atoms with Crippen molar-refractivity contribution in [3.8, 4) is 0 Å². The van der Waals surface area contributed by atoms with E-state index in [4.69, 9.17) is 11.6 Å². The van der Waals surface area contributed by atoms with E-state index in [0.717, 1.165) is 55.8 Å². The number of halogens is 1. The number of amides is 1. The lowest BCUT2D eigenvalue weighted by molar-refractivity contribution is -0.123. The number of rotatable bonds is 5. The molecule has 1 N–H and O–H groups in total. The van der Waals surface area contributed by atoms with Crippen molar-refractivity contribution >= 4 is 17.5 Å². The molecule has 136 valence electrons. The lowest BCUT2D eigenvalue weighted by Gasteiger charge is -2.33. The molecule has 4 rings (SSSR count). The highest BCUT2D eigenvalue weighted by molar-refractivity contribution is 6.30. The zero-order chi connectivity index (χ0) is 17.2. The molecular formula is C21H29ClN2O. The van der Waals surface area contributed by atoms with E-state index in [-0.39, 0.29) is 0 Å². The van der Waals surface area contributed by atoms with Crippen LogP contribution in [-0.2, 0) is 11.3 Å². The molecular weight excluding hydrogens is 332 g/mol. The van der Waals surface area contributed by atoms with Gasteiger partial charge in [0, 0.05) is 37.1 Å². The molecule has 1 aromatic carbocycles. The molecule has 2 aliphatic carbocycles. The van der Waals surface area contributed by atoms with Crippen molar-refractivity contribution in [2.45, 2.75) is 57.5 Å². The van der Waals surface area contributed by atoms with Crippen LogP contribution in [0, 0.1) is 17.8 Å². The van der Waals surface area contributed by atoms with Crippen LogP contribution in [-0.4, -0.2) is 29.9 Å². The van der Waals surface area contributed by atoms with Crippen molar-refractivity contribution < 1.29 is 4.79 Å². The molecule has 0 unspecified atom stereocenters. The summed E-state index contributed by atoms with van der Waals surface area (Å²) in [7, 11) is 0. The first-order valence-electron chi connectivity index (χ1n) is 9.92. The van der Waals surface area contributed by atoms with Crippen LogP contribution in [0.4, 0.5) is 0 Å². The second-order valence-electron chi connectivity index (χ2n) is 8.38. The Balaban J connectivity index is 1.18. The standard InChI is InChI=1S/C21H29ClN2O/c22-19-5-2-15(3-6-19)14-24-9-7-20(8-10-24)23-21(25)13-18-12-16-1-4-17(18)11-16/h2-3,5-6,16-18,20H,1,4,7-14H2,(H,23,25)/t16-,17-,18-/m1/s1. The Labute approximate surface area is 156 Å². The molecule has 0 spiro atoms. The summed E-state index contributed by atoms with van der Waals surface area (Å²) < 4.78 is 0. The van der Waals surface area contributed by atoms with E-state index >= 15 is 0 Å². The van der Waals surface area contributed by atoms with E-state index in [1.165, 1.54) is 31.2 Å². The third-order valence-corrected chi connectivity index (χ3v) is 6.86. The number of carbonyl (C=O) groups excluding carboxylic acids is 1. The summed E-state index contributed by atoms with van der Waals surface area (Å²) in [5, 5.41) is 4.11. The second kappa shape index (κ2) is 7.67. The number of piperidine rings is 1. The van der Waals surface area contributed by atoms with E-state index in [1.807, 2.05) is 12.1 Å². The minimum atomic E-state index is 0.300. The summed E-state index contributed by atoms with van der Waals surface area (Å²) in [6, 6.07) is 8.49. The lowest BCUT2D eigenvalue weighted by Crippen LogP contribution is -2.44. The van der Waals surface area contributed by atoms with Crippen molar-refractivity contribution in [2.75, 3.05) is 13.1 Å². The van der Waals surface area contributed by atoms with Crippen molar-refractivity contribution in [3.63, 3.8) is 0 Å². The summed E-state index contributed by atoms with van der Waals surface area (Å²) in [5.74, 6) is 2.74. The minimum Gasteiger partial charge on any atom is -0.353 e. The van der Waals surface area contributed by atoms with Crippen molar-refractivity contribution in [1.29, 1.82) is 0 Å². The van der Waals surface area contributed by atoms with Gasteiger partial charge in [-0.3, -0.25) is 9.69 Å². The lowest BCUT2D eigenvalue weighted by atomic mass is 9.86. The van der Waals surface area contributed by atoms with Crippen LogP contribution in [0.5, 0.6) is 0 Å². The molecule has 3 aliphatic rings. The molecule has 1 aromatic rings. The van der Waals surface area contributed by atoms with Crippen LogP contribution < -0.4 is 5.32 Å². The Morgan fingerprint density at radius 1 is 1.08 bits per heavy atom. The van der Waals surface area contributed by atoms with Crippen LogP contribution in [0.3, 0.4) is 0 Å². The smallest absolute Gasteiger partial charge is 0.220 e. The molecule has 3 nitrogen and oxygen atoms in total. The van der Waals surface area contributed by atoms with E-state index in [0.29, 0.717) is 17.9 Å². The van der Waals surface area contributed by atoms with Crippen LogP contribution in [0.15, 0.2) is 24.3 Å². The van der Waals surface area contributed by atoms with Gasteiger partial charge in [0.2, 0.25) is 5.91 Å². The highest BCUT2D eigenvalue weighted by Crippen LogP contribution is 2.49. The van der Waals surface area contributed by atoms with Crippen molar-refractivity contribution in [2.24, 2.45) is 17.8 Å². The van der Waals surface area contributed by atoms with Gasteiger partial charge in [0.1, 0.15) is 0 Å². The quantitative estimate of drug-likeness (QED) is 0.851. The highest BCUT2D eigenvalue weighted by Gasteiger charge is 2.40. The largest absolute Gasteiger partial charge is 0.353 e.